The van der Waals surface area contributed by atoms with E-state index >= 15 is 0 Å². The maximum Gasteiger partial charge on any atom is 0.243 e. The highest BCUT2D eigenvalue weighted by atomic mass is 79.9. The maximum absolute atomic E-state index is 13.5. The van der Waals surface area contributed by atoms with Crippen LogP contribution in [0.1, 0.15) is 11.1 Å². The fourth-order valence-electron chi connectivity index (χ4n) is 4.02. The summed E-state index contributed by atoms with van der Waals surface area (Å²) in [4.78, 5) is 17.4. The number of rotatable bonds is 8. The normalized spacial score (nSPS) is 14.9. The molecular formula is C26H27BrClN3O3S. The van der Waals surface area contributed by atoms with Gasteiger partial charge in [-0.1, -0.05) is 70.0 Å². The van der Waals surface area contributed by atoms with E-state index in [-0.39, 0.29) is 23.9 Å². The second-order valence-corrected chi connectivity index (χ2v) is 11.8. The SMILES string of the molecule is O=C(CN(Cc1ccc(Br)cc1)S(=O)(=O)c1ccc(Cl)cc1)N1CCN(Cc2ccccc2)CC1. The molecule has 0 spiro atoms. The Hall–Kier alpha value is -2.23. The van der Waals surface area contributed by atoms with Crippen molar-refractivity contribution in [3.8, 4) is 0 Å². The number of hydrogen-bond donors (Lipinski definition) is 0. The molecule has 0 saturated carbocycles. The molecule has 0 unspecified atom stereocenters. The maximum atomic E-state index is 13.5. The number of piperazine rings is 1. The summed E-state index contributed by atoms with van der Waals surface area (Å²) in [5, 5.41) is 0.452. The number of amides is 1. The molecule has 0 radical (unpaired) electrons. The topological polar surface area (TPSA) is 60.9 Å². The van der Waals surface area contributed by atoms with Gasteiger partial charge in [0.25, 0.3) is 0 Å². The minimum absolute atomic E-state index is 0.0952. The van der Waals surface area contributed by atoms with E-state index in [1.807, 2.05) is 42.5 Å². The third kappa shape index (κ3) is 6.92. The van der Waals surface area contributed by atoms with Gasteiger partial charge >= 0.3 is 0 Å². The molecule has 184 valence electrons. The summed E-state index contributed by atoms with van der Waals surface area (Å²) in [6.07, 6.45) is 0. The van der Waals surface area contributed by atoms with Crippen LogP contribution in [0.25, 0.3) is 0 Å². The van der Waals surface area contributed by atoms with Crippen molar-refractivity contribution in [3.63, 3.8) is 0 Å². The average molecular weight is 577 g/mol. The predicted octanol–water partition coefficient (Wildman–Crippen LogP) is 4.64. The first-order valence-corrected chi connectivity index (χ1v) is 14.0. The van der Waals surface area contributed by atoms with Crippen LogP contribution in [0.5, 0.6) is 0 Å². The van der Waals surface area contributed by atoms with Gasteiger partial charge in [-0.3, -0.25) is 9.69 Å². The van der Waals surface area contributed by atoms with Crippen molar-refractivity contribution in [2.24, 2.45) is 0 Å². The van der Waals surface area contributed by atoms with Gasteiger partial charge < -0.3 is 4.90 Å². The van der Waals surface area contributed by atoms with Crippen LogP contribution in [-0.4, -0.2) is 61.2 Å². The zero-order chi connectivity index (χ0) is 24.8. The number of nitrogens with zero attached hydrogens (tertiary/aromatic N) is 3. The van der Waals surface area contributed by atoms with E-state index in [0.717, 1.165) is 29.7 Å². The number of carbonyl (C=O) groups excluding carboxylic acids is 1. The van der Waals surface area contributed by atoms with Gasteiger partial charge in [0, 0.05) is 48.8 Å². The summed E-state index contributed by atoms with van der Waals surface area (Å²) in [6.45, 7) is 3.34. The molecule has 3 aromatic rings. The molecule has 1 saturated heterocycles. The van der Waals surface area contributed by atoms with Gasteiger partial charge in [-0.05, 0) is 47.5 Å². The molecule has 0 bridgehead atoms. The van der Waals surface area contributed by atoms with Gasteiger partial charge in [0.05, 0.1) is 11.4 Å². The number of benzene rings is 3. The van der Waals surface area contributed by atoms with E-state index in [0.29, 0.717) is 18.1 Å². The summed E-state index contributed by atoms with van der Waals surface area (Å²) in [6, 6.07) is 23.7. The first kappa shape index (κ1) is 25.9. The number of sulfonamides is 1. The minimum atomic E-state index is -3.91. The largest absolute Gasteiger partial charge is 0.339 e. The van der Waals surface area contributed by atoms with Crippen LogP contribution >= 0.6 is 27.5 Å². The Balaban J connectivity index is 1.46. The smallest absolute Gasteiger partial charge is 0.243 e. The molecule has 35 heavy (non-hydrogen) atoms. The van der Waals surface area contributed by atoms with Crippen molar-refractivity contribution in [1.29, 1.82) is 0 Å². The van der Waals surface area contributed by atoms with Crippen LogP contribution in [0, 0.1) is 0 Å². The van der Waals surface area contributed by atoms with Gasteiger partial charge in [-0.25, -0.2) is 8.42 Å². The van der Waals surface area contributed by atoms with Crippen molar-refractivity contribution in [3.05, 3.63) is 99.5 Å². The molecule has 1 fully saturated rings. The van der Waals surface area contributed by atoms with Crippen LogP contribution in [-0.2, 0) is 27.9 Å². The first-order valence-electron chi connectivity index (χ1n) is 11.4. The number of carbonyl (C=O) groups is 1. The Morgan fingerprint density at radius 1 is 0.857 bits per heavy atom. The Kier molecular flexibility index (Phi) is 8.62. The summed E-state index contributed by atoms with van der Waals surface area (Å²) < 4.78 is 29.1. The summed E-state index contributed by atoms with van der Waals surface area (Å²) >= 11 is 9.36. The minimum Gasteiger partial charge on any atom is -0.339 e. The lowest BCUT2D eigenvalue weighted by atomic mass is 10.2. The molecule has 9 heteroatoms. The molecule has 0 atom stereocenters. The molecule has 1 aliphatic rings. The zero-order valence-corrected chi connectivity index (χ0v) is 22.3. The molecule has 0 aromatic heterocycles. The number of hydrogen-bond acceptors (Lipinski definition) is 4. The van der Waals surface area contributed by atoms with E-state index in [4.69, 9.17) is 11.6 Å². The molecular weight excluding hydrogens is 550 g/mol. The lowest BCUT2D eigenvalue weighted by molar-refractivity contribution is -0.133. The number of halogens is 2. The molecule has 4 rings (SSSR count). The van der Waals surface area contributed by atoms with Crippen molar-refractivity contribution < 1.29 is 13.2 Å². The van der Waals surface area contributed by atoms with Gasteiger partial charge in [0.2, 0.25) is 15.9 Å². The highest BCUT2D eigenvalue weighted by molar-refractivity contribution is 9.10. The average Bonchev–Trinajstić information content (AvgIpc) is 2.86. The molecule has 1 amide bonds. The van der Waals surface area contributed by atoms with Crippen LogP contribution in [0.2, 0.25) is 5.02 Å². The van der Waals surface area contributed by atoms with E-state index in [2.05, 4.69) is 33.0 Å². The first-order chi connectivity index (χ1) is 16.8. The lowest BCUT2D eigenvalue weighted by Gasteiger charge is -2.35. The Morgan fingerprint density at radius 2 is 1.49 bits per heavy atom. The third-order valence-corrected chi connectivity index (χ3v) is 8.60. The molecule has 3 aromatic carbocycles. The van der Waals surface area contributed by atoms with Crippen LogP contribution in [0.3, 0.4) is 0 Å². The van der Waals surface area contributed by atoms with Crippen LogP contribution in [0.4, 0.5) is 0 Å². The quantitative estimate of drug-likeness (QED) is 0.392. The van der Waals surface area contributed by atoms with Gasteiger partial charge in [-0.15, -0.1) is 0 Å². The summed E-state index contributed by atoms with van der Waals surface area (Å²) in [5.74, 6) is -0.195. The second-order valence-electron chi connectivity index (χ2n) is 8.50. The van der Waals surface area contributed by atoms with E-state index in [1.54, 1.807) is 17.0 Å². The molecule has 0 aliphatic carbocycles. The van der Waals surface area contributed by atoms with Crippen LogP contribution in [0.15, 0.2) is 88.2 Å². The van der Waals surface area contributed by atoms with Gasteiger partial charge in [0.1, 0.15) is 0 Å². The fraction of sp³-hybridized carbons (Fsp3) is 0.269. The van der Waals surface area contributed by atoms with Crippen LogP contribution < -0.4 is 0 Å². The van der Waals surface area contributed by atoms with E-state index < -0.39 is 10.0 Å². The molecule has 1 aliphatic heterocycles. The Morgan fingerprint density at radius 3 is 2.11 bits per heavy atom. The summed E-state index contributed by atoms with van der Waals surface area (Å²) in [5.41, 5.74) is 2.04. The third-order valence-electron chi connectivity index (χ3n) is 6.01. The van der Waals surface area contributed by atoms with Crippen molar-refractivity contribution in [1.82, 2.24) is 14.1 Å². The molecule has 1 heterocycles. The molecule has 0 N–H and O–H groups in total. The predicted molar refractivity (Wildman–Crippen MR) is 141 cm³/mol. The van der Waals surface area contributed by atoms with Gasteiger partial charge in [-0.2, -0.15) is 4.31 Å². The standard InChI is InChI=1S/C26H27BrClN3O3S/c27-23-8-6-22(7-9-23)19-31(35(33,34)25-12-10-24(28)11-13-25)20-26(32)30-16-14-29(15-17-30)18-21-4-2-1-3-5-21/h1-13H,14-20H2. The lowest BCUT2D eigenvalue weighted by Crippen LogP contribution is -2.51. The van der Waals surface area contributed by atoms with Crippen molar-refractivity contribution in [2.75, 3.05) is 32.7 Å². The fourth-order valence-corrected chi connectivity index (χ4v) is 5.79. The van der Waals surface area contributed by atoms with E-state index in [9.17, 15) is 13.2 Å². The highest BCUT2D eigenvalue weighted by Gasteiger charge is 2.30. The van der Waals surface area contributed by atoms with Crippen molar-refractivity contribution >= 4 is 43.5 Å². The van der Waals surface area contributed by atoms with E-state index in [1.165, 1.54) is 22.0 Å². The van der Waals surface area contributed by atoms with Gasteiger partial charge in [0.15, 0.2) is 0 Å². The zero-order valence-electron chi connectivity index (χ0n) is 19.2. The highest BCUT2D eigenvalue weighted by Crippen LogP contribution is 2.22. The monoisotopic (exact) mass is 575 g/mol. The van der Waals surface area contributed by atoms with Crippen molar-refractivity contribution in [2.45, 2.75) is 18.0 Å². The summed E-state index contributed by atoms with van der Waals surface area (Å²) in [7, 11) is -3.91. The molecule has 6 nitrogen and oxygen atoms in total. The Bertz CT molecular complexity index is 1230. The second kappa shape index (κ2) is 11.7. The Labute approximate surface area is 220 Å².